The number of allylic oxidation sites excluding steroid dienone is 1. The van der Waals surface area contributed by atoms with E-state index in [9.17, 15) is 19.8 Å². The minimum atomic E-state index is -1.10. The van der Waals surface area contributed by atoms with Gasteiger partial charge in [0.2, 0.25) is 0 Å². The summed E-state index contributed by atoms with van der Waals surface area (Å²) in [5, 5.41) is 22.3. The molecule has 2 N–H and O–H groups in total. The molecule has 4 aliphatic rings. The Hall–Kier alpha value is -2.68. The Morgan fingerprint density at radius 3 is 2.79 bits per heavy atom. The first-order valence-corrected chi connectivity index (χ1v) is 14.3. The number of carbonyl (C=O) groups excluding carboxylic acids is 2. The van der Waals surface area contributed by atoms with Crippen molar-refractivity contribution in [3.63, 3.8) is 0 Å². The van der Waals surface area contributed by atoms with Crippen LogP contribution >= 0.6 is 0 Å². The summed E-state index contributed by atoms with van der Waals surface area (Å²) >= 11 is 0. The Bertz CT molecular complexity index is 1160. The maximum absolute atomic E-state index is 13.1. The largest absolute Gasteiger partial charge is 0.481 e. The van der Waals surface area contributed by atoms with Gasteiger partial charge in [0.05, 0.1) is 17.6 Å². The number of aliphatic hydroxyl groups excluding tert-OH is 1. The number of hydrogen-bond donors (Lipinski definition) is 2. The average molecular weight is 540 g/mol. The van der Waals surface area contributed by atoms with Crippen molar-refractivity contribution in [3.8, 4) is 5.75 Å². The van der Waals surface area contributed by atoms with Crippen molar-refractivity contribution in [1.29, 1.82) is 0 Å². The maximum atomic E-state index is 13.1. The summed E-state index contributed by atoms with van der Waals surface area (Å²) in [6, 6.07) is 3.79. The SMILES string of the molecule is C=CCCCCCCCC(=O)O[C@@H](C)C(=O)OC1=CC[C@@]2(O)[C@H]3Cc4ccc(CO)c5c4C2(CCN3C)C1O5. The maximum Gasteiger partial charge on any atom is 0.352 e. The fraction of sp³-hybridized carbons (Fsp3) is 0.613. The second-order valence-electron chi connectivity index (χ2n) is 11.5. The van der Waals surface area contributed by atoms with Crippen molar-refractivity contribution in [3.05, 3.63) is 53.3 Å². The van der Waals surface area contributed by atoms with E-state index in [0.29, 0.717) is 36.3 Å². The number of aliphatic hydroxyl groups is 2. The van der Waals surface area contributed by atoms with Gasteiger partial charge in [0.25, 0.3) is 0 Å². The summed E-state index contributed by atoms with van der Waals surface area (Å²) in [6.45, 7) is 5.82. The Morgan fingerprint density at radius 2 is 2.03 bits per heavy atom. The number of esters is 2. The normalized spacial score (nSPS) is 29.1. The molecule has 0 saturated carbocycles. The van der Waals surface area contributed by atoms with Gasteiger partial charge in [-0.1, -0.05) is 37.5 Å². The second kappa shape index (κ2) is 11.1. The monoisotopic (exact) mass is 539 g/mol. The number of rotatable bonds is 12. The number of hydrogen-bond acceptors (Lipinski definition) is 8. The van der Waals surface area contributed by atoms with Crippen molar-refractivity contribution >= 4 is 11.9 Å². The lowest BCUT2D eigenvalue weighted by Crippen LogP contribution is -2.74. The number of likely N-dealkylation sites (N-methyl/N-ethyl adjacent to an activating group) is 1. The van der Waals surface area contributed by atoms with Crippen LogP contribution in [0.4, 0.5) is 0 Å². The number of benzene rings is 1. The molecule has 1 saturated heterocycles. The number of ether oxygens (including phenoxy) is 3. The summed E-state index contributed by atoms with van der Waals surface area (Å²) in [7, 11) is 2.03. The molecule has 0 amide bonds. The Labute approximate surface area is 230 Å². The highest BCUT2D eigenvalue weighted by Gasteiger charge is 2.71. The number of likely N-dealkylation sites (tertiary alicyclic amines) is 1. The van der Waals surface area contributed by atoms with Gasteiger partial charge >= 0.3 is 11.9 Å². The zero-order valence-electron chi connectivity index (χ0n) is 23.1. The van der Waals surface area contributed by atoms with Gasteiger partial charge in [0.15, 0.2) is 12.2 Å². The number of unbranched alkanes of at least 4 members (excludes halogenated alkanes) is 5. The van der Waals surface area contributed by atoms with Crippen molar-refractivity contribution in [2.45, 2.75) is 107 Å². The summed E-state index contributed by atoms with van der Waals surface area (Å²) in [4.78, 5) is 27.6. The van der Waals surface area contributed by atoms with E-state index in [0.717, 1.165) is 56.2 Å². The molecule has 1 aromatic rings. The molecule has 2 unspecified atom stereocenters. The third-order valence-electron chi connectivity index (χ3n) is 9.27. The van der Waals surface area contributed by atoms with Crippen LogP contribution in [-0.2, 0) is 37.5 Å². The van der Waals surface area contributed by atoms with Crippen LogP contribution in [-0.4, -0.2) is 64.5 Å². The van der Waals surface area contributed by atoms with E-state index in [1.54, 1.807) is 6.08 Å². The van der Waals surface area contributed by atoms with Gasteiger partial charge in [-0.25, -0.2) is 4.79 Å². The van der Waals surface area contributed by atoms with Crippen LogP contribution in [0.5, 0.6) is 5.75 Å². The average Bonchev–Trinajstić information content (AvgIpc) is 3.27. The quantitative estimate of drug-likeness (QED) is 0.235. The van der Waals surface area contributed by atoms with Crippen LogP contribution < -0.4 is 4.74 Å². The lowest BCUT2D eigenvalue weighted by molar-refractivity contribution is -0.175. The minimum absolute atomic E-state index is 0.105. The Balaban J connectivity index is 1.28. The Kier molecular flexibility index (Phi) is 7.91. The highest BCUT2D eigenvalue weighted by molar-refractivity contribution is 5.80. The van der Waals surface area contributed by atoms with Crippen LogP contribution in [0.3, 0.4) is 0 Å². The van der Waals surface area contributed by atoms with Crippen LogP contribution in [0.25, 0.3) is 0 Å². The predicted molar refractivity (Wildman–Crippen MR) is 145 cm³/mol. The van der Waals surface area contributed by atoms with Crippen molar-refractivity contribution < 1.29 is 34.0 Å². The predicted octanol–water partition coefficient (Wildman–Crippen LogP) is 3.85. The summed E-state index contributed by atoms with van der Waals surface area (Å²) in [6.07, 6.45) is 9.75. The molecule has 8 nitrogen and oxygen atoms in total. The third-order valence-corrected chi connectivity index (χ3v) is 9.27. The number of nitrogens with zero attached hydrogens (tertiary/aromatic N) is 1. The van der Waals surface area contributed by atoms with Crippen molar-refractivity contribution in [2.75, 3.05) is 13.6 Å². The number of carbonyl (C=O) groups is 2. The van der Waals surface area contributed by atoms with Crippen LogP contribution in [0, 0.1) is 0 Å². The first kappa shape index (κ1) is 27.9. The molecule has 2 aliphatic carbocycles. The van der Waals surface area contributed by atoms with E-state index >= 15 is 0 Å². The molecular weight excluding hydrogens is 498 g/mol. The van der Waals surface area contributed by atoms with Gasteiger partial charge in [-0.2, -0.15) is 0 Å². The first-order valence-electron chi connectivity index (χ1n) is 14.3. The highest BCUT2D eigenvalue weighted by Crippen LogP contribution is 2.64. The molecule has 0 aromatic heterocycles. The summed E-state index contributed by atoms with van der Waals surface area (Å²) in [5.74, 6) is -0.149. The lowest BCUT2D eigenvalue weighted by atomic mass is 9.50. The number of piperidine rings is 1. The fourth-order valence-electron chi connectivity index (χ4n) is 7.22. The van der Waals surface area contributed by atoms with Crippen LogP contribution in [0.15, 0.2) is 36.6 Å². The van der Waals surface area contributed by atoms with Crippen LogP contribution in [0.2, 0.25) is 0 Å². The minimum Gasteiger partial charge on any atom is -0.481 e. The molecule has 39 heavy (non-hydrogen) atoms. The molecule has 1 fully saturated rings. The molecule has 1 aromatic carbocycles. The second-order valence-corrected chi connectivity index (χ2v) is 11.5. The molecular formula is C31H41NO7. The van der Waals surface area contributed by atoms with E-state index in [2.05, 4.69) is 11.5 Å². The molecule has 5 rings (SSSR count). The van der Waals surface area contributed by atoms with Crippen molar-refractivity contribution in [2.24, 2.45) is 0 Å². The third kappa shape index (κ3) is 4.60. The van der Waals surface area contributed by atoms with Gasteiger partial charge in [-0.15, -0.1) is 6.58 Å². The molecule has 2 aliphatic heterocycles. The van der Waals surface area contributed by atoms with E-state index in [1.807, 2.05) is 25.3 Å². The molecule has 0 radical (unpaired) electrons. The van der Waals surface area contributed by atoms with Gasteiger partial charge < -0.3 is 29.3 Å². The topological polar surface area (TPSA) is 106 Å². The lowest BCUT2D eigenvalue weighted by Gasteiger charge is -2.61. The summed E-state index contributed by atoms with van der Waals surface area (Å²) in [5.41, 5.74) is 0.814. The standard InChI is InChI=1S/C31H41NO7/c1-4-5-6-7-8-9-10-11-25(34)37-20(2)29(35)38-23-14-15-31(36)24-18-21-12-13-22(19-33)27-26(21)30(31,28(23)39-27)16-17-32(24)3/h4,12-14,20,24,28,33,36H,1,5-11,15-19H2,2-3H3/t20-,24+,28?,30?,31+/m0/s1. The zero-order valence-corrected chi connectivity index (χ0v) is 23.1. The molecule has 5 atom stereocenters. The zero-order chi connectivity index (χ0) is 27.8. The Morgan fingerprint density at radius 1 is 1.26 bits per heavy atom. The molecule has 8 heteroatoms. The van der Waals surface area contributed by atoms with Gasteiger partial charge in [0, 0.05) is 30.0 Å². The molecule has 212 valence electrons. The smallest absolute Gasteiger partial charge is 0.352 e. The van der Waals surface area contributed by atoms with E-state index in [1.165, 1.54) is 6.92 Å². The van der Waals surface area contributed by atoms with Gasteiger partial charge in [0.1, 0.15) is 11.5 Å². The summed E-state index contributed by atoms with van der Waals surface area (Å²) < 4.78 is 17.7. The molecule has 2 bridgehead atoms. The highest BCUT2D eigenvalue weighted by atomic mass is 16.6. The van der Waals surface area contributed by atoms with Crippen LogP contribution in [0.1, 0.15) is 81.4 Å². The van der Waals surface area contributed by atoms with E-state index in [-0.39, 0.29) is 19.1 Å². The first-order chi connectivity index (χ1) is 18.8. The van der Waals surface area contributed by atoms with Gasteiger partial charge in [-0.3, -0.25) is 4.79 Å². The molecule has 1 spiro atoms. The van der Waals surface area contributed by atoms with E-state index < -0.39 is 35.2 Å². The van der Waals surface area contributed by atoms with E-state index in [4.69, 9.17) is 14.2 Å². The van der Waals surface area contributed by atoms with Crippen molar-refractivity contribution in [1.82, 2.24) is 4.90 Å². The fourth-order valence-corrected chi connectivity index (χ4v) is 7.22. The van der Waals surface area contributed by atoms with Gasteiger partial charge in [-0.05, 0) is 64.3 Å². The molecule has 2 heterocycles.